The van der Waals surface area contributed by atoms with Crippen LogP contribution in [0.1, 0.15) is 59.9 Å². The van der Waals surface area contributed by atoms with Crippen molar-refractivity contribution in [2.45, 2.75) is 56.5 Å². The number of pyridine rings is 1. The summed E-state index contributed by atoms with van der Waals surface area (Å²) in [6.45, 7) is 3.60. The van der Waals surface area contributed by atoms with Crippen LogP contribution in [0.5, 0.6) is 0 Å². The van der Waals surface area contributed by atoms with Gasteiger partial charge >= 0.3 is 0 Å². The van der Waals surface area contributed by atoms with Gasteiger partial charge in [0.05, 0.1) is 17.1 Å². The lowest BCUT2D eigenvalue weighted by molar-refractivity contribution is 0.355. The predicted octanol–water partition coefficient (Wildman–Crippen LogP) is 4.37. The topological polar surface area (TPSA) is 55.6 Å². The highest BCUT2D eigenvalue weighted by molar-refractivity contribution is 6.24. The molecular formula is C22H24ClN5. The Morgan fingerprint density at radius 3 is 2.82 bits per heavy atom. The zero-order valence-electron chi connectivity index (χ0n) is 16.0. The second-order valence-corrected chi connectivity index (χ2v) is 8.73. The van der Waals surface area contributed by atoms with Crippen LogP contribution in [0.15, 0.2) is 42.7 Å². The largest absolute Gasteiger partial charge is 0.306 e. The van der Waals surface area contributed by atoms with Crippen molar-refractivity contribution < 1.29 is 0 Å². The number of nitrogens with zero attached hydrogens (tertiary/aromatic N) is 4. The second-order valence-electron chi connectivity index (χ2n) is 8.01. The molecule has 0 radical (unpaired) electrons. The number of aromatic nitrogens is 4. The number of benzene rings is 1. The molecule has 3 heterocycles. The van der Waals surface area contributed by atoms with E-state index in [1.54, 1.807) is 6.33 Å². The summed E-state index contributed by atoms with van der Waals surface area (Å²) in [5.41, 5.74) is 5.92. The van der Waals surface area contributed by atoms with Crippen molar-refractivity contribution in [1.82, 2.24) is 25.1 Å². The van der Waals surface area contributed by atoms with Crippen LogP contribution in [0.4, 0.5) is 0 Å². The van der Waals surface area contributed by atoms with Crippen molar-refractivity contribution in [2.24, 2.45) is 0 Å². The minimum Gasteiger partial charge on any atom is -0.306 e. The van der Waals surface area contributed by atoms with Gasteiger partial charge in [-0.3, -0.25) is 9.55 Å². The summed E-state index contributed by atoms with van der Waals surface area (Å²) in [5.74, 6) is 1.45. The van der Waals surface area contributed by atoms with Gasteiger partial charge in [0.1, 0.15) is 6.33 Å². The summed E-state index contributed by atoms with van der Waals surface area (Å²) in [4.78, 5) is 4.44. The van der Waals surface area contributed by atoms with E-state index in [9.17, 15) is 0 Å². The molecule has 0 amide bonds. The monoisotopic (exact) mass is 393 g/mol. The highest BCUT2D eigenvalue weighted by Gasteiger charge is 2.36. The van der Waals surface area contributed by atoms with Gasteiger partial charge in [0.2, 0.25) is 0 Å². The molecule has 2 aromatic heterocycles. The molecule has 1 N–H and O–H groups in total. The molecule has 0 unspecified atom stereocenters. The average molecular weight is 394 g/mol. The Kier molecular flexibility index (Phi) is 4.44. The molecule has 0 saturated heterocycles. The molecular weight excluding hydrogens is 370 g/mol. The SMILES string of the molecule is Cc1cccc(C2CCC(Cl)(c3ccc4c(c3)CNCc3nncn3-4)CC2)n1. The van der Waals surface area contributed by atoms with Crippen LogP contribution in [0.25, 0.3) is 5.69 Å². The molecule has 144 valence electrons. The second kappa shape index (κ2) is 6.98. The number of halogens is 1. The number of rotatable bonds is 2. The molecule has 1 aliphatic heterocycles. The quantitative estimate of drug-likeness (QED) is 0.657. The molecule has 2 aliphatic rings. The molecule has 5 rings (SSSR count). The van der Waals surface area contributed by atoms with Crippen LogP contribution in [0.3, 0.4) is 0 Å². The number of nitrogens with one attached hydrogen (secondary N) is 1. The predicted molar refractivity (Wildman–Crippen MR) is 110 cm³/mol. The molecule has 1 saturated carbocycles. The van der Waals surface area contributed by atoms with Gasteiger partial charge in [0.25, 0.3) is 0 Å². The maximum Gasteiger partial charge on any atom is 0.151 e. The van der Waals surface area contributed by atoms with Crippen molar-refractivity contribution >= 4 is 11.6 Å². The fourth-order valence-corrected chi connectivity index (χ4v) is 4.92. The van der Waals surface area contributed by atoms with Gasteiger partial charge in [-0.25, -0.2) is 0 Å². The fourth-order valence-electron chi connectivity index (χ4n) is 4.58. The molecule has 6 heteroatoms. The Bertz CT molecular complexity index is 1000. The van der Waals surface area contributed by atoms with E-state index in [1.807, 2.05) is 0 Å². The Morgan fingerprint density at radius 1 is 1.14 bits per heavy atom. The van der Waals surface area contributed by atoms with Crippen LogP contribution in [-0.2, 0) is 18.0 Å². The first-order valence-corrected chi connectivity index (χ1v) is 10.4. The van der Waals surface area contributed by atoms with Gasteiger partial charge in [-0.15, -0.1) is 21.8 Å². The van der Waals surface area contributed by atoms with Crippen LogP contribution in [0.2, 0.25) is 0 Å². The highest BCUT2D eigenvalue weighted by Crippen LogP contribution is 2.47. The summed E-state index contributed by atoms with van der Waals surface area (Å²) < 4.78 is 2.07. The molecule has 3 aromatic rings. The van der Waals surface area contributed by atoms with E-state index in [1.165, 1.54) is 16.8 Å². The van der Waals surface area contributed by atoms with Gasteiger partial charge < -0.3 is 5.32 Å². The summed E-state index contributed by atoms with van der Waals surface area (Å²) in [6.07, 6.45) is 5.88. The van der Waals surface area contributed by atoms with Crippen LogP contribution >= 0.6 is 11.6 Å². The van der Waals surface area contributed by atoms with Gasteiger partial charge in [-0.2, -0.15) is 0 Å². The summed E-state index contributed by atoms with van der Waals surface area (Å²) in [6, 6.07) is 13.0. The zero-order chi connectivity index (χ0) is 19.1. The number of alkyl halides is 1. The maximum atomic E-state index is 7.17. The van der Waals surface area contributed by atoms with E-state index >= 15 is 0 Å². The molecule has 28 heavy (non-hydrogen) atoms. The van der Waals surface area contributed by atoms with E-state index in [-0.39, 0.29) is 4.87 Å². The standard InChI is InChI=1S/C22H24ClN5/c1-15-3-2-4-19(26-15)16-7-9-22(23,10-8-16)18-5-6-20-17(11-18)12-24-13-21-27-25-14-28(20)21/h2-6,11,14,16,24H,7-10,12-13H2,1H3. The van der Waals surface area contributed by atoms with Gasteiger partial charge in [-0.1, -0.05) is 18.2 Å². The summed E-state index contributed by atoms with van der Waals surface area (Å²) in [5, 5.41) is 11.7. The number of hydrogen-bond acceptors (Lipinski definition) is 4. The Balaban J connectivity index is 1.39. The van der Waals surface area contributed by atoms with E-state index in [0.717, 1.165) is 56.0 Å². The van der Waals surface area contributed by atoms with Crippen LogP contribution in [-0.4, -0.2) is 19.7 Å². The molecule has 1 aromatic carbocycles. The van der Waals surface area contributed by atoms with Gasteiger partial charge in [0.15, 0.2) is 5.82 Å². The zero-order valence-corrected chi connectivity index (χ0v) is 16.8. The van der Waals surface area contributed by atoms with Crippen molar-refractivity contribution in [3.63, 3.8) is 0 Å². The van der Waals surface area contributed by atoms with Crippen LogP contribution < -0.4 is 5.32 Å². The first-order valence-electron chi connectivity index (χ1n) is 9.98. The third-order valence-electron chi connectivity index (χ3n) is 6.18. The third kappa shape index (κ3) is 3.12. The fraction of sp³-hybridized carbons (Fsp3) is 0.409. The lowest BCUT2D eigenvalue weighted by atomic mass is 9.76. The Hall–Kier alpha value is -2.24. The minimum absolute atomic E-state index is 0.294. The Labute approximate surface area is 170 Å². The molecule has 0 atom stereocenters. The first kappa shape index (κ1) is 17.8. The lowest BCUT2D eigenvalue weighted by Gasteiger charge is -2.36. The summed E-state index contributed by atoms with van der Waals surface area (Å²) >= 11 is 7.17. The minimum atomic E-state index is -0.294. The van der Waals surface area contributed by atoms with Crippen molar-refractivity contribution in [2.75, 3.05) is 0 Å². The molecule has 0 bridgehead atoms. The Morgan fingerprint density at radius 2 is 2.00 bits per heavy atom. The van der Waals surface area contributed by atoms with Crippen molar-refractivity contribution in [3.8, 4) is 5.69 Å². The molecule has 5 nitrogen and oxygen atoms in total. The summed E-state index contributed by atoms with van der Waals surface area (Å²) in [7, 11) is 0. The molecule has 1 fully saturated rings. The average Bonchev–Trinajstić information content (AvgIpc) is 3.10. The molecule has 0 spiro atoms. The number of fused-ring (bicyclic) bond motifs is 3. The highest BCUT2D eigenvalue weighted by atomic mass is 35.5. The van der Waals surface area contributed by atoms with E-state index in [0.29, 0.717) is 5.92 Å². The smallest absolute Gasteiger partial charge is 0.151 e. The normalized spacial score (nSPS) is 24.3. The van der Waals surface area contributed by atoms with Crippen LogP contribution in [0, 0.1) is 6.92 Å². The number of aryl methyl sites for hydroxylation is 1. The van der Waals surface area contributed by atoms with E-state index in [2.05, 4.69) is 63.4 Å². The first-order chi connectivity index (χ1) is 13.6. The third-order valence-corrected chi connectivity index (χ3v) is 6.78. The number of hydrogen-bond donors (Lipinski definition) is 1. The van der Waals surface area contributed by atoms with Crippen molar-refractivity contribution in [3.05, 3.63) is 71.1 Å². The van der Waals surface area contributed by atoms with Gasteiger partial charge in [0, 0.05) is 23.9 Å². The molecule has 1 aliphatic carbocycles. The maximum absolute atomic E-state index is 7.17. The van der Waals surface area contributed by atoms with E-state index < -0.39 is 0 Å². The lowest BCUT2D eigenvalue weighted by Crippen LogP contribution is -2.26. The van der Waals surface area contributed by atoms with Gasteiger partial charge in [-0.05, 0) is 61.9 Å². The van der Waals surface area contributed by atoms with E-state index in [4.69, 9.17) is 16.6 Å². The van der Waals surface area contributed by atoms with Crippen molar-refractivity contribution in [1.29, 1.82) is 0 Å².